The molecule has 6 nitrogen and oxygen atoms in total. The second-order valence-corrected chi connectivity index (χ2v) is 4.85. The first-order valence-electron chi connectivity index (χ1n) is 6.69. The standard InChI is InChI=1S/C17H12O6/c1-22-11-6-7-12-13(8-11)23-16(15(19)14(12)18)9-2-4-10(5-3-9)17(20)21/h2-8,19H,1H3,(H,20,21). The fourth-order valence-corrected chi connectivity index (χ4v) is 2.25. The van der Waals surface area contributed by atoms with Gasteiger partial charge in [0.2, 0.25) is 11.2 Å². The number of aromatic hydroxyl groups is 1. The molecule has 3 rings (SSSR count). The van der Waals surface area contributed by atoms with Crippen molar-refractivity contribution in [1.29, 1.82) is 0 Å². The molecule has 2 aromatic carbocycles. The normalized spacial score (nSPS) is 10.7. The van der Waals surface area contributed by atoms with Gasteiger partial charge in [-0.25, -0.2) is 4.79 Å². The van der Waals surface area contributed by atoms with E-state index in [2.05, 4.69) is 0 Å². The number of hydrogen-bond donors (Lipinski definition) is 2. The Bertz CT molecular complexity index is 953. The Balaban J connectivity index is 2.22. The van der Waals surface area contributed by atoms with E-state index >= 15 is 0 Å². The number of rotatable bonds is 3. The topological polar surface area (TPSA) is 97.0 Å². The number of methoxy groups -OCH3 is 1. The molecule has 116 valence electrons. The van der Waals surface area contributed by atoms with E-state index in [0.717, 1.165) is 0 Å². The van der Waals surface area contributed by atoms with Crippen molar-refractivity contribution in [3.8, 4) is 22.8 Å². The Morgan fingerprint density at radius 1 is 1.13 bits per heavy atom. The third-order valence-corrected chi connectivity index (χ3v) is 3.47. The third kappa shape index (κ3) is 2.50. The van der Waals surface area contributed by atoms with Crippen LogP contribution in [0.4, 0.5) is 0 Å². The minimum Gasteiger partial charge on any atom is -0.502 e. The molecule has 0 unspecified atom stereocenters. The Morgan fingerprint density at radius 2 is 1.83 bits per heavy atom. The van der Waals surface area contributed by atoms with E-state index in [1.165, 1.54) is 37.4 Å². The van der Waals surface area contributed by atoms with Crippen LogP contribution in [0.25, 0.3) is 22.3 Å². The number of aromatic carboxylic acids is 1. The molecule has 0 atom stereocenters. The summed E-state index contributed by atoms with van der Waals surface area (Å²) >= 11 is 0. The van der Waals surface area contributed by atoms with Gasteiger partial charge in [0.25, 0.3) is 0 Å². The largest absolute Gasteiger partial charge is 0.502 e. The van der Waals surface area contributed by atoms with Crippen LogP contribution in [0.1, 0.15) is 10.4 Å². The second kappa shape index (κ2) is 5.49. The van der Waals surface area contributed by atoms with Gasteiger partial charge in [-0.2, -0.15) is 0 Å². The maximum absolute atomic E-state index is 12.3. The zero-order valence-corrected chi connectivity index (χ0v) is 12.1. The molecule has 0 radical (unpaired) electrons. The minimum atomic E-state index is -1.06. The first kappa shape index (κ1) is 14.6. The van der Waals surface area contributed by atoms with Gasteiger partial charge in [-0.15, -0.1) is 0 Å². The molecule has 2 N–H and O–H groups in total. The Hall–Kier alpha value is -3.28. The van der Waals surface area contributed by atoms with Crippen molar-refractivity contribution in [3.63, 3.8) is 0 Å². The summed E-state index contributed by atoms with van der Waals surface area (Å²) < 4.78 is 10.7. The van der Waals surface area contributed by atoms with E-state index in [-0.39, 0.29) is 22.3 Å². The fourth-order valence-electron chi connectivity index (χ4n) is 2.25. The molecule has 0 amide bonds. The number of ether oxygens (including phenoxy) is 1. The summed E-state index contributed by atoms with van der Waals surface area (Å²) in [5.41, 5.74) is 0.197. The SMILES string of the molecule is COc1ccc2c(=O)c(O)c(-c3ccc(C(=O)O)cc3)oc2c1. The Kier molecular flexibility index (Phi) is 3.50. The number of carbonyl (C=O) groups is 1. The molecule has 0 spiro atoms. The number of fused-ring (bicyclic) bond motifs is 1. The molecular weight excluding hydrogens is 300 g/mol. The first-order chi connectivity index (χ1) is 11.0. The van der Waals surface area contributed by atoms with Crippen molar-refractivity contribution < 1.29 is 24.2 Å². The van der Waals surface area contributed by atoms with Crippen molar-refractivity contribution in [2.24, 2.45) is 0 Å². The summed E-state index contributed by atoms with van der Waals surface area (Å²) in [7, 11) is 1.49. The molecule has 0 aliphatic heterocycles. The molecule has 0 bridgehead atoms. The van der Waals surface area contributed by atoms with Gasteiger partial charge in [0.15, 0.2) is 5.76 Å². The fraction of sp³-hybridized carbons (Fsp3) is 0.0588. The van der Waals surface area contributed by atoms with Crippen LogP contribution in [0, 0.1) is 0 Å². The van der Waals surface area contributed by atoms with Crippen LogP contribution < -0.4 is 10.2 Å². The molecule has 0 fully saturated rings. The average molecular weight is 312 g/mol. The van der Waals surface area contributed by atoms with Gasteiger partial charge in [-0.05, 0) is 24.3 Å². The zero-order chi connectivity index (χ0) is 16.6. The summed E-state index contributed by atoms with van der Waals surface area (Å²) in [5, 5.41) is 19.2. The van der Waals surface area contributed by atoms with E-state index in [9.17, 15) is 14.7 Å². The van der Waals surface area contributed by atoms with Crippen molar-refractivity contribution in [3.05, 3.63) is 58.3 Å². The molecule has 0 aliphatic carbocycles. The van der Waals surface area contributed by atoms with E-state index in [4.69, 9.17) is 14.3 Å². The van der Waals surface area contributed by atoms with Gasteiger partial charge >= 0.3 is 5.97 Å². The molecule has 6 heteroatoms. The maximum Gasteiger partial charge on any atom is 0.335 e. The average Bonchev–Trinajstić information content (AvgIpc) is 2.57. The minimum absolute atomic E-state index is 0.0207. The van der Waals surface area contributed by atoms with E-state index in [1.54, 1.807) is 12.1 Å². The van der Waals surface area contributed by atoms with Crippen LogP contribution >= 0.6 is 0 Å². The highest BCUT2D eigenvalue weighted by atomic mass is 16.5. The van der Waals surface area contributed by atoms with Crippen LogP contribution in [0.5, 0.6) is 11.5 Å². The third-order valence-electron chi connectivity index (χ3n) is 3.47. The molecule has 0 saturated carbocycles. The van der Waals surface area contributed by atoms with E-state index in [1.807, 2.05) is 0 Å². The molecule has 0 aliphatic rings. The molecule has 0 saturated heterocycles. The maximum atomic E-state index is 12.3. The Labute approximate surface area is 130 Å². The van der Waals surface area contributed by atoms with Gasteiger partial charge in [0.1, 0.15) is 11.3 Å². The Morgan fingerprint density at radius 3 is 2.43 bits per heavy atom. The number of hydrogen-bond acceptors (Lipinski definition) is 5. The summed E-state index contributed by atoms with van der Waals surface area (Å²) in [6.45, 7) is 0. The monoisotopic (exact) mass is 312 g/mol. The van der Waals surface area contributed by atoms with Gasteiger partial charge in [0, 0.05) is 11.6 Å². The van der Waals surface area contributed by atoms with Crippen molar-refractivity contribution in [2.75, 3.05) is 7.11 Å². The first-order valence-corrected chi connectivity index (χ1v) is 6.69. The highest BCUT2D eigenvalue weighted by molar-refractivity contribution is 5.88. The molecular formula is C17H12O6. The lowest BCUT2D eigenvalue weighted by atomic mass is 10.1. The quantitative estimate of drug-likeness (QED) is 0.772. The summed E-state index contributed by atoms with van der Waals surface area (Å²) in [6, 6.07) is 10.3. The molecule has 1 aromatic heterocycles. The van der Waals surface area contributed by atoms with Crippen LogP contribution in [0.2, 0.25) is 0 Å². The summed E-state index contributed by atoms with van der Waals surface area (Å²) in [6.07, 6.45) is 0. The van der Waals surface area contributed by atoms with Gasteiger partial charge in [-0.3, -0.25) is 4.79 Å². The smallest absolute Gasteiger partial charge is 0.335 e. The van der Waals surface area contributed by atoms with Crippen LogP contribution in [-0.2, 0) is 0 Å². The van der Waals surface area contributed by atoms with Gasteiger partial charge in [-0.1, -0.05) is 12.1 Å². The highest BCUT2D eigenvalue weighted by Gasteiger charge is 2.16. The lowest BCUT2D eigenvalue weighted by molar-refractivity contribution is 0.0697. The van der Waals surface area contributed by atoms with Crippen LogP contribution in [-0.4, -0.2) is 23.3 Å². The summed E-state index contributed by atoms with van der Waals surface area (Å²) in [5.74, 6) is -1.09. The van der Waals surface area contributed by atoms with Gasteiger partial charge < -0.3 is 19.4 Å². The molecule has 1 heterocycles. The van der Waals surface area contributed by atoms with Crippen molar-refractivity contribution >= 4 is 16.9 Å². The van der Waals surface area contributed by atoms with Crippen LogP contribution in [0.3, 0.4) is 0 Å². The van der Waals surface area contributed by atoms with Gasteiger partial charge in [0.05, 0.1) is 18.1 Å². The highest BCUT2D eigenvalue weighted by Crippen LogP contribution is 2.31. The predicted molar refractivity (Wildman–Crippen MR) is 83.1 cm³/mol. The van der Waals surface area contributed by atoms with E-state index in [0.29, 0.717) is 11.3 Å². The second-order valence-electron chi connectivity index (χ2n) is 4.85. The zero-order valence-electron chi connectivity index (χ0n) is 12.1. The lowest BCUT2D eigenvalue weighted by Gasteiger charge is -2.07. The number of benzene rings is 2. The predicted octanol–water partition coefficient (Wildman–Crippen LogP) is 2.87. The van der Waals surface area contributed by atoms with E-state index < -0.39 is 17.1 Å². The molecule has 3 aromatic rings. The molecule has 23 heavy (non-hydrogen) atoms. The van der Waals surface area contributed by atoms with Crippen LogP contribution in [0.15, 0.2) is 51.7 Å². The van der Waals surface area contributed by atoms with Crippen molar-refractivity contribution in [2.45, 2.75) is 0 Å². The number of carboxylic acid groups (broad SMARTS) is 1. The van der Waals surface area contributed by atoms with Crippen molar-refractivity contribution in [1.82, 2.24) is 0 Å². The summed E-state index contributed by atoms with van der Waals surface area (Å²) in [4.78, 5) is 23.1. The number of carboxylic acids is 1. The lowest BCUT2D eigenvalue weighted by Crippen LogP contribution is -2.03.